The summed E-state index contributed by atoms with van der Waals surface area (Å²) in [5.41, 5.74) is 6.77. The van der Waals surface area contributed by atoms with Gasteiger partial charge in [0.2, 0.25) is 0 Å². The molecule has 0 saturated heterocycles. The SMILES string of the molecule is CC1(C)CCC(n2nnnc2-c2ccc(N)cc2F)CC1. The van der Waals surface area contributed by atoms with E-state index in [2.05, 4.69) is 29.4 Å². The molecule has 5 nitrogen and oxygen atoms in total. The summed E-state index contributed by atoms with van der Waals surface area (Å²) < 4.78 is 15.9. The monoisotopic (exact) mass is 289 g/mol. The predicted octanol–water partition coefficient (Wildman–Crippen LogP) is 3.20. The second kappa shape index (κ2) is 5.09. The van der Waals surface area contributed by atoms with Gasteiger partial charge in [0.15, 0.2) is 5.82 Å². The molecule has 2 N–H and O–H groups in total. The summed E-state index contributed by atoms with van der Waals surface area (Å²) in [5.74, 6) is 0.0967. The highest BCUT2D eigenvalue weighted by molar-refractivity contribution is 5.59. The number of anilines is 1. The summed E-state index contributed by atoms with van der Waals surface area (Å²) in [6, 6.07) is 4.85. The van der Waals surface area contributed by atoms with Crippen molar-refractivity contribution in [3.05, 3.63) is 24.0 Å². The van der Waals surface area contributed by atoms with Crippen LogP contribution in [-0.2, 0) is 0 Å². The van der Waals surface area contributed by atoms with Crippen LogP contribution in [0.2, 0.25) is 0 Å². The highest BCUT2D eigenvalue weighted by Crippen LogP contribution is 2.40. The third kappa shape index (κ3) is 2.75. The number of tetrazole rings is 1. The molecule has 1 saturated carbocycles. The Morgan fingerprint density at radius 2 is 2.00 bits per heavy atom. The van der Waals surface area contributed by atoms with E-state index in [0.717, 1.165) is 25.7 Å². The molecule has 0 amide bonds. The molecule has 112 valence electrons. The molecule has 21 heavy (non-hydrogen) atoms. The van der Waals surface area contributed by atoms with Gasteiger partial charge in [-0.2, -0.15) is 0 Å². The number of halogens is 1. The molecule has 2 aromatic rings. The number of benzene rings is 1. The van der Waals surface area contributed by atoms with E-state index in [1.807, 2.05) is 0 Å². The maximum atomic E-state index is 14.1. The van der Waals surface area contributed by atoms with Gasteiger partial charge in [0, 0.05) is 5.69 Å². The Labute approximate surface area is 123 Å². The number of aromatic nitrogens is 4. The molecule has 0 unspecified atom stereocenters. The van der Waals surface area contributed by atoms with Crippen molar-refractivity contribution in [3.63, 3.8) is 0 Å². The number of hydrogen-bond donors (Lipinski definition) is 1. The van der Waals surface area contributed by atoms with E-state index in [0.29, 0.717) is 22.5 Å². The Hall–Kier alpha value is -1.98. The molecule has 1 aromatic carbocycles. The molecule has 0 aliphatic heterocycles. The van der Waals surface area contributed by atoms with Crippen LogP contribution in [0, 0.1) is 11.2 Å². The van der Waals surface area contributed by atoms with Crippen molar-refractivity contribution in [2.45, 2.75) is 45.6 Å². The first-order valence-electron chi connectivity index (χ1n) is 7.29. The second-order valence-electron chi connectivity index (χ2n) is 6.58. The van der Waals surface area contributed by atoms with Gasteiger partial charge >= 0.3 is 0 Å². The van der Waals surface area contributed by atoms with Crippen LogP contribution in [0.4, 0.5) is 10.1 Å². The Kier molecular flexibility index (Phi) is 3.39. The van der Waals surface area contributed by atoms with Crippen LogP contribution in [0.5, 0.6) is 0 Å². The number of hydrogen-bond acceptors (Lipinski definition) is 4. The van der Waals surface area contributed by atoms with Crippen LogP contribution in [0.1, 0.15) is 45.6 Å². The van der Waals surface area contributed by atoms with Gasteiger partial charge in [0.25, 0.3) is 0 Å². The molecule has 1 heterocycles. The number of rotatable bonds is 2. The van der Waals surface area contributed by atoms with Crippen molar-refractivity contribution in [2.75, 3.05) is 5.73 Å². The summed E-state index contributed by atoms with van der Waals surface area (Å²) in [5, 5.41) is 11.8. The van der Waals surface area contributed by atoms with Crippen molar-refractivity contribution in [1.29, 1.82) is 0 Å². The van der Waals surface area contributed by atoms with Gasteiger partial charge in [-0.05, 0) is 59.7 Å². The van der Waals surface area contributed by atoms with Crippen molar-refractivity contribution in [2.24, 2.45) is 5.41 Å². The molecular formula is C15H20FN5. The van der Waals surface area contributed by atoms with Gasteiger partial charge in [0.1, 0.15) is 5.82 Å². The lowest BCUT2D eigenvalue weighted by atomic mass is 9.75. The van der Waals surface area contributed by atoms with Crippen molar-refractivity contribution in [3.8, 4) is 11.4 Å². The molecule has 0 radical (unpaired) electrons. The van der Waals surface area contributed by atoms with Crippen molar-refractivity contribution in [1.82, 2.24) is 20.2 Å². The lowest BCUT2D eigenvalue weighted by Crippen LogP contribution is -2.24. The minimum Gasteiger partial charge on any atom is -0.399 e. The summed E-state index contributed by atoms with van der Waals surface area (Å²) in [6.45, 7) is 4.56. The van der Waals surface area contributed by atoms with Crippen LogP contribution in [-0.4, -0.2) is 20.2 Å². The van der Waals surface area contributed by atoms with Crippen LogP contribution in [0.3, 0.4) is 0 Å². The van der Waals surface area contributed by atoms with Crippen molar-refractivity contribution < 1.29 is 4.39 Å². The highest BCUT2D eigenvalue weighted by atomic mass is 19.1. The molecule has 6 heteroatoms. The summed E-state index contributed by atoms with van der Waals surface area (Å²) in [7, 11) is 0. The van der Waals surface area contributed by atoms with E-state index in [-0.39, 0.29) is 11.9 Å². The molecule has 0 spiro atoms. The molecule has 1 fully saturated rings. The van der Waals surface area contributed by atoms with Crippen LogP contribution < -0.4 is 5.73 Å². The lowest BCUT2D eigenvalue weighted by molar-refractivity contribution is 0.185. The standard InChI is InChI=1S/C15H20FN5/c1-15(2)7-5-11(6-8-15)21-14(18-19-20-21)12-4-3-10(17)9-13(12)16/h3-4,9,11H,5-8,17H2,1-2H3. The van der Waals surface area contributed by atoms with Gasteiger partial charge in [-0.15, -0.1) is 5.10 Å². The van der Waals surface area contributed by atoms with Crippen LogP contribution in [0.25, 0.3) is 11.4 Å². The van der Waals surface area contributed by atoms with Gasteiger partial charge < -0.3 is 5.73 Å². The fraction of sp³-hybridized carbons (Fsp3) is 0.533. The van der Waals surface area contributed by atoms with Crippen molar-refractivity contribution >= 4 is 5.69 Å². The maximum absolute atomic E-state index is 14.1. The quantitative estimate of drug-likeness (QED) is 0.862. The topological polar surface area (TPSA) is 69.6 Å². The Morgan fingerprint density at radius 1 is 1.29 bits per heavy atom. The average molecular weight is 289 g/mol. The Morgan fingerprint density at radius 3 is 2.67 bits per heavy atom. The highest BCUT2D eigenvalue weighted by Gasteiger charge is 2.30. The van der Waals surface area contributed by atoms with E-state index >= 15 is 0 Å². The number of nitrogen functional groups attached to an aromatic ring is 1. The average Bonchev–Trinajstić information content (AvgIpc) is 2.88. The predicted molar refractivity (Wildman–Crippen MR) is 78.9 cm³/mol. The lowest BCUT2D eigenvalue weighted by Gasteiger charge is -2.34. The zero-order valence-corrected chi connectivity index (χ0v) is 12.4. The minimum atomic E-state index is -0.387. The van der Waals surface area contributed by atoms with Gasteiger partial charge in [-0.25, -0.2) is 9.07 Å². The third-order valence-electron chi connectivity index (χ3n) is 4.38. The van der Waals surface area contributed by atoms with Crippen LogP contribution in [0.15, 0.2) is 18.2 Å². The first-order chi connectivity index (χ1) is 9.96. The van der Waals surface area contributed by atoms with Gasteiger partial charge in [0.05, 0.1) is 11.6 Å². The van der Waals surface area contributed by atoms with Gasteiger partial charge in [-0.1, -0.05) is 13.8 Å². The molecule has 1 aromatic heterocycles. The second-order valence-corrected chi connectivity index (χ2v) is 6.58. The maximum Gasteiger partial charge on any atom is 0.185 e. The minimum absolute atomic E-state index is 0.236. The van der Waals surface area contributed by atoms with E-state index in [1.165, 1.54) is 6.07 Å². The number of nitrogens with two attached hydrogens (primary N) is 1. The smallest absolute Gasteiger partial charge is 0.185 e. The molecule has 1 aliphatic rings. The zero-order chi connectivity index (χ0) is 15.0. The third-order valence-corrected chi connectivity index (χ3v) is 4.38. The van der Waals surface area contributed by atoms with Gasteiger partial charge in [-0.3, -0.25) is 0 Å². The van der Waals surface area contributed by atoms with E-state index in [1.54, 1.807) is 16.8 Å². The molecule has 1 aliphatic carbocycles. The fourth-order valence-electron chi connectivity index (χ4n) is 2.96. The molecule has 0 bridgehead atoms. The summed E-state index contributed by atoms with van der Waals surface area (Å²) >= 11 is 0. The molecule has 0 atom stereocenters. The van der Waals surface area contributed by atoms with Crippen LogP contribution >= 0.6 is 0 Å². The van der Waals surface area contributed by atoms with E-state index in [9.17, 15) is 4.39 Å². The summed E-state index contributed by atoms with van der Waals surface area (Å²) in [4.78, 5) is 0. The Balaban J connectivity index is 1.91. The first kappa shape index (κ1) is 14.0. The zero-order valence-electron chi connectivity index (χ0n) is 12.4. The molecule has 3 rings (SSSR count). The number of nitrogens with zero attached hydrogens (tertiary/aromatic N) is 4. The Bertz CT molecular complexity index is 639. The first-order valence-corrected chi connectivity index (χ1v) is 7.29. The molecular weight excluding hydrogens is 269 g/mol. The van der Waals surface area contributed by atoms with E-state index < -0.39 is 0 Å². The summed E-state index contributed by atoms with van der Waals surface area (Å²) in [6.07, 6.45) is 4.28. The largest absolute Gasteiger partial charge is 0.399 e. The normalized spacial score (nSPS) is 18.8. The fourth-order valence-corrected chi connectivity index (χ4v) is 2.96. The van der Waals surface area contributed by atoms with E-state index in [4.69, 9.17) is 5.73 Å².